The Balaban J connectivity index is 2.17. The topological polar surface area (TPSA) is 38.0 Å². The van der Waals surface area contributed by atoms with E-state index in [1.54, 1.807) is 18.5 Å². The molecule has 2 aromatic rings. The molecule has 5 heteroatoms. The highest BCUT2D eigenvalue weighted by Crippen LogP contribution is 2.19. The number of aliphatic hydroxyl groups is 1. The smallest absolute Gasteiger partial charge is 0.131 e. The van der Waals surface area contributed by atoms with Crippen LogP contribution in [0.25, 0.3) is 0 Å². The van der Waals surface area contributed by atoms with Crippen LogP contribution in [-0.2, 0) is 6.54 Å². The summed E-state index contributed by atoms with van der Waals surface area (Å²) in [6, 6.07) is 4.80. The second-order valence-electron chi connectivity index (χ2n) is 3.41. The van der Waals surface area contributed by atoms with Crippen LogP contribution in [0.3, 0.4) is 0 Å². The minimum absolute atomic E-state index is 0.0666. The Bertz CT molecular complexity index is 471. The SMILES string of the molecule is OC(Cn1cccn1)c1ccc(F)cc1F. The van der Waals surface area contributed by atoms with E-state index in [-0.39, 0.29) is 12.1 Å². The van der Waals surface area contributed by atoms with Crippen molar-refractivity contribution in [3.05, 3.63) is 53.9 Å². The average Bonchev–Trinajstić information content (AvgIpc) is 2.70. The number of hydrogen-bond acceptors (Lipinski definition) is 2. The first-order valence-electron chi connectivity index (χ1n) is 4.77. The van der Waals surface area contributed by atoms with Crippen LogP contribution in [0.4, 0.5) is 8.78 Å². The van der Waals surface area contributed by atoms with Crippen LogP contribution in [0, 0.1) is 11.6 Å². The molecule has 0 aliphatic heterocycles. The van der Waals surface area contributed by atoms with Crippen LogP contribution >= 0.6 is 0 Å². The molecule has 84 valence electrons. The van der Waals surface area contributed by atoms with Crippen LogP contribution in [-0.4, -0.2) is 14.9 Å². The van der Waals surface area contributed by atoms with Gasteiger partial charge in [0.05, 0.1) is 6.54 Å². The van der Waals surface area contributed by atoms with Gasteiger partial charge < -0.3 is 5.11 Å². The maximum Gasteiger partial charge on any atom is 0.131 e. The van der Waals surface area contributed by atoms with E-state index in [0.29, 0.717) is 0 Å². The van der Waals surface area contributed by atoms with Crippen LogP contribution in [0.2, 0.25) is 0 Å². The Morgan fingerprint density at radius 3 is 2.81 bits per heavy atom. The van der Waals surface area contributed by atoms with Crippen molar-refractivity contribution in [3.8, 4) is 0 Å². The minimum atomic E-state index is -1.04. The predicted molar refractivity (Wildman–Crippen MR) is 53.5 cm³/mol. The largest absolute Gasteiger partial charge is 0.386 e. The van der Waals surface area contributed by atoms with Crippen molar-refractivity contribution in [1.82, 2.24) is 9.78 Å². The Labute approximate surface area is 91.0 Å². The minimum Gasteiger partial charge on any atom is -0.386 e. The molecule has 1 heterocycles. The number of hydrogen-bond donors (Lipinski definition) is 1. The lowest BCUT2D eigenvalue weighted by atomic mass is 10.1. The van der Waals surface area contributed by atoms with E-state index in [0.717, 1.165) is 12.1 Å². The lowest BCUT2D eigenvalue weighted by Gasteiger charge is -2.11. The molecule has 0 spiro atoms. The number of nitrogens with zero attached hydrogens (tertiary/aromatic N) is 2. The molecule has 1 atom stereocenters. The third kappa shape index (κ3) is 2.25. The van der Waals surface area contributed by atoms with Gasteiger partial charge >= 0.3 is 0 Å². The number of rotatable bonds is 3. The molecule has 0 bridgehead atoms. The summed E-state index contributed by atoms with van der Waals surface area (Å²) in [5.74, 6) is -1.41. The van der Waals surface area contributed by atoms with Gasteiger partial charge in [-0.25, -0.2) is 8.78 Å². The van der Waals surface area contributed by atoms with Crippen LogP contribution in [0.15, 0.2) is 36.7 Å². The van der Waals surface area contributed by atoms with Gasteiger partial charge in [0.2, 0.25) is 0 Å². The Morgan fingerprint density at radius 1 is 1.38 bits per heavy atom. The molecule has 16 heavy (non-hydrogen) atoms. The van der Waals surface area contributed by atoms with E-state index in [9.17, 15) is 13.9 Å². The lowest BCUT2D eigenvalue weighted by Crippen LogP contribution is -2.10. The van der Waals surface area contributed by atoms with Gasteiger partial charge in [-0.2, -0.15) is 5.10 Å². The third-order valence-corrected chi connectivity index (χ3v) is 2.24. The van der Waals surface area contributed by atoms with Gasteiger partial charge in [-0.1, -0.05) is 6.07 Å². The Morgan fingerprint density at radius 2 is 2.19 bits per heavy atom. The molecule has 0 fully saturated rings. The van der Waals surface area contributed by atoms with Crippen molar-refractivity contribution in [2.45, 2.75) is 12.6 Å². The van der Waals surface area contributed by atoms with E-state index in [1.807, 2.05) is 0 Å². The van der Waals surface area contributed by atoms with Gasteiger partial charge in [0.1, 0.15) is 17.7 Å². The van der Waals surface area contributed by atoms with E-state index in [2.05, 4.69) is 5.10 Å². The van der Waals surface area contributed by atoms with Crippen LogP contribution in [0.1, 0.15) is 11.7 Å². The van der Waals surface area contributed by atoms with Gasteiger partial charge in [-0.3, -0.25) is 4.68 Å². The molecular weight excluding hydrogens is 214 g/mol. The summed E-state index contributed by atoms with van der Waals surface area (Å²) < 4.78 is 27.4. The molecule has 0 saturated carbocycles. The fourth-order valence-corrected chi connectivity index (χ4v) is 1.46. The van der Waals surface area contributed by atoms with Crippen molar-refractivity contribution < 1.29 is 13.9 Å². The molecule has 0 aliphatic rings. The summed E-state index contributed by atoms with van der Waals surface area (Å²) in [7, 11) is 0. The summed E-state index contributed by atoms with van der Waals surface area (Å²) >= 11 is 0. The molecule has 0 aliphatic carbocycles. The fraction of sp³-hybridized carbons (Fsp3) is 0.182. The standard InChI is InChI=1S/C11H10F2N2O/c12-8-2-3-9(10(13)6-8)11(16)7-15-5-1-4-14-15/h1-6,11,16H,7H2. The average molecular weight is 224 g/mol. The molecule has 0 amide bonds. The maximum absolute atomic E-state index is 13.3. The predicted octanol–water partition coefficient (Wildman–Crippen LogP) is 1.89. The number of aliphatic hydroxyl groups excluding tert-OH is 1. The van der Waals surface area contributed by atoms with E-state index in [4.69, 9.17) is 0 Å². The number of benzene rings is 1. The molecule has 1 unspecified atom stereocenters. The Hall–Kier alpha value is -1.75. The van der Waals surface area contributed by atoms with Crippen molar-refractivity contribution >= 4 is 0 Å². The quantitative estimate of drug-likeness (QED) is 0.864. The van der Waals surface area contributed by atoms with Crippen molar-refractivity contribution in [2.75, 3.05) is 0 Å². The lowest BCUT2D eigenvalue weighted by molar-refractivity contribution is 0.147. The molecule has 2 rings (SSSR count). The summed E-state index contributed by atoms with van der Waals surface area (Å²) in [5.41, 5.74) is 0.0666. The monoisotopic (exact) mass is 224 g/mol. The second-order valence-corrected chi connectivity index (χ2v) is 3.41. The molecule has 1 N–H and O–H groups in total. The zero-order valence-electron chi connectivity index (χ0n) is 8.35. The summed E-state index contributed by atoms with van der Waals surface area (Å²) in [6.07, 6.45) is 2.18. The maximum atomic E-state index is 13.3. The first-order valence-corrected chi connectivity index (χ1v) is 4.77. The molecular formula is C11H10F2N2O. The molecule has 0 radical (unpaired) electrons. The summed E-state index contributed by atoms with van der Waals surface area (Å²) in [6.45, 7) is 0.134. The summed E-state index contributed by atoms with van der Waals surface area (Å²) in [4.78, 5) is 0. The van der Waals surface area contributed by atoms with Gasteiger partial charge in [-0.15, -0.1) is 0 Å². The highest BCUT2D eigenvalue weighted by atomic mass is 19.1. The highest BCUT2D eigenvalue weighted by molar-refractivity contribution is 5.20. The van der Waals surface area contributed by atoms with Crippen LogP contribution < -0.4 is 0 Å². The second kappa shape index (κ2) is 4.40. The molecule has 0 saturated heterocycles. The molecule has 1 aromatic heterocycles. The Kier molecular flexibility index (Phi) is 2.96. The first kappa shape index (κ1) is 10.8. The first-order chi connectivity index (χ1) is 7.66. The van der Waals surface area contributed by atoms with Gasteiger partial charge in [-0.05, 0) is 12.1 Å². The van der Waals surface area contributed by atoms with Gasteiger partial charge in [0, 0.05) is 24.0 Å². The zero-order chi connectivity index (χ0) is 11.5. The molecule has 1 aromatic carbocycles. The van der Waals surface area contributed by atoms with Crippen molar-refractivity contribution in [3.63, 3.8) is 0 Å². The van der Waals surface area contributed by atoms with Crippen molar-refractivity contribution in [1.29, 1.82) is 0 Å². The van der Waals surface area contributed by atoms with Gasteiger partial charge in [0.25, 0.3) is 0 Å². The van der Waals surface area contributed by atoms with Crippen LogP contribution in [0.5, 0.6) is 0 Å². The van der Waals surface area contributed by atoms with E-state index < -0.39 is 17.7 Å². The zero-order valence-corrected chi connectivity index (χ0v) is 8.35. The normalized spacial score (nSPS) is 12.7. The number of halogens is 2. The van der Waals surface area contributed by atoms with E-state index in [1.165, 1.54) is 10.7 Å². The number of aromatic nitrogens is 2. The van der Waals surface area contributed by atoms with Gasteiger partial charge in [0.15, 0.2) is 0 Å². The van der Waals surface area contributed by atoms with Crippen molar-refractivity contribution in [2.24, 2.45) is 0 Å². The molecule has 3 nitrogen and oxygen atoms in total. The highest BCUT2D eigenvalue weighted by Gasteiger charge is 2.14. The van der Waals surface area contributed by atoms with E-state index >= 15 is 0 Å². The summed E-state index contributed by atoms with van der Waals surface area (Å²) in [5, 5.41) is 13.6. The third-order valence-electron chi connectivity index (χ3n) is 2.24. The fourth-order valence-electron chi connectivity index (χ4n) is 1.46.